The first kappa shape index (κ1) is 38.8. The van der Waals surface area contributed by atoms with Gasteiger partial charge in [0, 0.05) is 32.2 Å². The molecule has 0 aliphatic carbocycles. The highest BCUT2D eigenvalue weighted by Crippen LogP contribution is 2.46. The van der Waals surface area contributed by atoms with Crippen LogP contribution in [-0.2, 0) is 36.4 Å². The molecule has 0 bridgehead atoms. The third-order valence-electron chi connectivity index (χ3n) is 9.39. The summed E-state index contributed by atoms with van der Waals surface area (Å²) < 4.78 is 131. The van der Waals surface area contributed by atoms with E-state index in [1.165, 1.54) is 14.6 Å². The van der Waals surface area contributed by atoms with Gasteiger partial charge >= 0.3 is 24.6 Å². The van der Waals surface area contributed by atoms with E-state index in [2.05, 4.69) is 20.3 Å². The Morgan fingerprint density at radius 2 is 1.52 bits per heavy atom. The summed E-state index contributed by atoms with van der Waals surface area (Å²) in [7, 11) is 0. The van der Waals surface area contributed by atoms with E-state index in [-0.39, 0.29) is 35.7 Å². The fourth-order valence-corrected chi connectivity index (χ4v) is 6.94. The van der Waals surface area contributed by atoms with Gasteiger partial charge in [-0.05, 0) is 91.9 Å². The number of nitrogens with zero attached hydrogens (tertiary/aromatic N) is 7. The molecule has 0 spiro atoms. The van der Waals surface area contributed by atoms with Crippen molar-refractivity contribution >= 4 is 17.7 Å². The molecule has 3 atom stereocenters. The van der Waals surface area contributed by atoms with Crippen LogP contribution in [-0.4, -0.2) is 56.4 Å². The average molecular weight is 770 g/mol. The van der Waals surface area contributed by atoms with Crippen molar-refractivity contribution in [2.75, 3.05) is 22.9 Å². The number of halogens is 9. The molecular formula is C36H36F9N7O2. The normalized spacial score (nSPS) is 19.6. The Morgan fingerprint density at radius 1 is 0.870 bits per heavy atom. The number of carbonyl (C=O) groups excluding carboxylic acids is 1. The number of carbonyl (C=O) groups is 1. The van der Waals surface area contributed by atoms with Gasteiger partial charge in [-0.25, -0.2) is 4.79 Å². The predicted octanol–water partition coefficient (Wildman–Crippen LogP) is 9.07. The lowest BCUT2D eigenvalue weighted by Crippen LogP contribution is -2.47. The zero-order valence-corrected chi connectivity index (χ0v) is 29.3. The summed E-state index contributed by atoms with van der Waals surface area (Å²) in [5, 5.41) is 12.9. The van der Waals surface area contributed by atoms with Crippen LogP contribution in [0, 0.1) is 0 Å². The molecule has 0 unspecified atom stereocenters. The van der Waals surface area contributed by atoms with Crippen molar-refractivity contribution in [3.05, 3.63) is 100 Å². The van der Waals surface area contributed by atoms with E-state index in [0.29, 0.717) is 38.2 Å². The largest absolute Gasteiger partial charge is 0.446 e. The number of tetrazole rings is 1. The maximum atomic E-state index is 14.1. The van der Waals surface area contributed by atoms with Gasteiger partial charge in [0.1, 0.15) is 0 Å². The Morgan fingerprint density at radius 3 is 2.13 bits per heavy atom. The van der Waals surface area contributed by atoms with E-state index < -0.39 is 71.6 Å². The molecule has 6 rings (SSSR count). The summed E-state index contributed by atoms with van der Waals surface area (Å²) in [6.07, 6.45) is -16.1. The van der Waals surface area contributed by atoms with E-state index in [0.717, 1.165) is 23.8 Å². The summed E-state index contributed by atoms with van der Waals surface area (Å²) in [6.45, 7) is 5.90. The van der Waals surface area contributed by atoms with Gasteiger partial charge < -0.3 is 9.64 Å². The summed E-state index contributed by atoms with van der Waals surface area (Å²) in [6, 6.07) is 11.2. The smallest absolute Gasteiger partial charge is 0.416 e. The Hall–Kier alpha value is -4.87. The summed E-state index contributed by atoms with van der Waals surface area (Å²) in [5.41, 5.74) is -3.66. The summed E-state index contributed by atoms with van der Waals surface area (Å²) in [4.78, 5) is 19.2. The van der Waals surface area contributed by atoms with Gasteiger partial charge in [0.2, 0.25) is 0 Å². The number of amides is 1. The van der Waals surface area contributed by atoms with Crippen molar-refractivity contribution < 1.29 is 49.0 Å². The van der Waals surface area contributed by atoms with Crippen LogP contribution in [0.5, 0.6) is 0 Å². The zero-order chi connectivity index (χ0) is 39.2. The van der Waals surface area contributed by atoms with Crippen molar-refractivity contribution in [2.45, 2.75) is 89.5 Å². The lowest BCUT2D eigenvalue weighted by atomic mass is 9.89. The molecule has 9 nitrogen and oxygen atoms in total. The molecule has 1 aromatic heterocycles. The minimum atomic E-state index is -5.15. The van der Waals surface area contributed by atoms with Gasteiger partial charge in [-0.1, -0.05) is 35.4 Å². The van der Waals surface area contributed by atoms with E-state index in [1.807, 2.05) is 30.3 Å². The molecule has 18 heteroatoms. The van der Waals surface area contributed by atoms with E-state index >= 15 is 0 Å². The van der Waals surface area contributed by atoms with Crippen LogP contribution in [0.4, 0.5) is 55.9 Å². The van der Waals surface area contributed by atoms with Crippen LogP contribution in [0.25, 0.3) is 0 Å². The van der Waals surface area contributed by atoms with E-state index in [9.17, 15) is 44.3 Å². The number of rotatable bonds is 8. The van der Waals surface area contributed by atoms with Crippen LogP contribution in [0.3, 0.4) is 0 Å². The molecule has 1 amide bonds. The van der Waals surface area contributed by atoms with Crippen LogP contribution in [0.1, 0.15) is 79.1 Å². The molecule has 3 aromatic carbocycles. The maximum Gasteiger partial charge on any atom is 0.416 e. The van der Waals surface area contributed by atoms with Crippen molar-refractivity contribution in [2.24, 2.45) is 0 Å². The average Bonchev–Trinajstić information content (AvgIpc) is 3.76. The molecule has 0 radical (unpaired) electrons. The number of anilines is 2. The lowest BCUT2D eigenvalue weighted by molar-refractivity contribution is -0.143. The third-order valence-corrected chi connectivity index (χ3v) is 9.39. The first-order valence-electron chi connectivity index (χ1n) is 17.1. The van der Waals surface area contributed by atoms with Gasteiger partial charge in [-0.3, -0.25) is 9.80 Å². The minimum Gasteiger partial charge on any atom is -0.446 e. The van der Waals surface area contributed by atoms with Gasteiger partial charge in [0.25, 0.3) is 5.95 Å². The maximum absolute atomic E-state index is 14.1. The second-order valence-corrected chi connectivity index (χ2v) is 13.8. The number of ether oxygens (including phenoxy) is 1. The van der Waals surface area contributed by atoms with Gasteiger partial charge in [-0.2, -0.15) is 44.3 Å². The Kier molecular flexibility index (Phi) is 10.6. The molecule has 3 heterocycles. The minimum absolute atomic E-state index is 0.00450. The Balaban J connectivity index is 1.44. The number of hydrogen-bond acceptors (Lipinski definition) is 7. The van der Waals surface area contributed by atoms with Crippen molar-refractivity contribution in [1.82, 2.24) is 25.1 Å². The van der Waals surface area contributed by atoms with Crippen molar-refractivity contribution in [3.63, 3.8) is 0 Å². The van der Waals surface area contributed by atoms with Crippen LogP contribution in [0.2, 0.25) is 0 Å². The molecule has 2 aliphatic rings. The van der Waals surface area contributed by atoms with Gasteiger partial charge in [-0.15, -0.1) is 5.10 Å². The van der Waals surface area contributed by atoms with Gasteiger partial charge in [0.05, 0.1) is 40.6 Å². The molecule has 1 saturated heterocycles. The molecular weight excluding hydrogens is 733 g/mol. The van der Waals surface area contributed by atoms with Gasteiger partial charge in [0.15, 0.2) is 0 Å². The first-order chi connectivity index (χ1) is 25.3. The van der Waals surface area contributed by atoms with Crippen LogP contribution < -0.4 is 9.80 Å². The highest BCUT2D eigenvalue weighted by Gasteiger charge is 2.43. The quantitative estimate of drug-likeness (QED) is 0.166. The van der Waals surface area contributed by atoms with Crippen molar-refractivity contribution in [3.8, 4) is 0 Å². The topological polar surface area (TPSA) is 79.6 Å². The second kappa shape index (κ2) is 14.8. The molecule has 54 heavy (non-hydrogen) atoms. The highest BCUT2D eigenvalue weighted by atomic mass is 19.4. The third kappa shape index (κ3) is 8.58. The van der Waals surface area contributed by atoms with Crippen LogP contribution >= 0.6 is 0 Å². The molecule has 0 saturated carbocycles. The second-order valence-electron chi connectivity index (χ2n) is 13.8. The number of likely N-dealkylation sites (tertiary alicyclic amines) is 1. The number of fused-ring (bicyclic) bond motifs is 1. The summed E-state index contributed by atoms with van der Waals surface area (Å²) >= 11 is 0. The number of benzene rings is 3. The SMILES string of the molecule is CC(C)OC(=O)N1c2ccc(C(F)(F)F)cc2[C@@H](N(Cc2cc(C(F)(F)F)cc(C(F)(F)F)c2)c2nnn([C@@H]3CCN(Cc4ccccc4)C3)n2)C[C@H]1C. The molecule has 0 N–H and O–H groups in total. The van der Waals surface area contributed by atoms with Crippen molar-refractivity contribution in [1.29, 1.82) is 0 Å². The predicted molar refractivity (Wildman–Crippen MR) is 178 cm³/mol. The Labute approximate surface area is 304 Å². The molecule has 1 fully saturated rings. The van der Waals surface area contributed by atoms with Crippen LogP contribution in [0.15, 0.2) is 66.7 Å². The van der Waals surface area contributed by atoms with E-state index in [4.69, 9.17) is 4.74 Å². The fourth-order valence-electron chi connectivity index (χ4n) is 6.94. The zero-order valence-electron chi connectivity index (χ0n) is 29.3. The first-order valence-corrected chi connectivity index (χ1v) is 17.1. The molecule has 290 valence electrons. The number of aromatic nitrogens is 4. The Bertz CT molecular complexity index is 1910. The number of alkyl halides is 9. The standard InChI is InChI=1S/C36H36F9N7O2/c1-21(2)54-33(53)51-22(3)13-31(29-17-25(34(37,38)39)9-10-30(29)51)50(19-24-14-26(35(40,41)42)16-27(15-24)36(43,44)45)32-46-48-52(47-32)28-11-12-49(20-28)18-23-7-5-4-6-8-23/h4-10,14-17,21-22,28,31H,11-13,18-20H2,1-3H3/t22-,28-,31+/m1/s1. The monoisotopic (exact) mass is 769 g/mol. The molecule has 4 aromatic rings. The lowest BCUT2D eigenvalue weighted by Gasteiger charge is -2.43. The summed E-state index contributed by atoms with van der Waals surface area (Å²) in [5.74, 6) is -0.235. The highest BCUT2D eigenvalue weighted by molar-refractivity contribution is 5.90. The number of hydrogen-bond donors (Lipinski definition) is 0. The fraction of sp³-hybridized carbons (Fsp3) is 0.444. The van der Waals surface area contributed by atoms with E-state index in [1.54, 1.807) is 20.8 Å². The molecule has 2 aliphatic heterocycles.